The number of carbonyl (C=O) groups is 2. The maximum absolute atomic E-state index is 11.9. The lowest BCUT2D eigenvalue weighted by Gasteiger charge is -2.28. The fourth-order valence-electron chi connectivity index (χ4n) is 2.53. The number of rotatable bonds is 5. The molecule has 0 aliphatic heterocycles. The molecule has 1 saturated carbocycles. The Labute approximate surface area is 109 Å². The van der Waals surface area contributed by atoms with Crippen LogP contribution in [0.3, 0.4) is 0 Å². The molecule has 18 heavy (non-hydrogen) atoms. The molecule has 0 radical (unpaired) electrons. The number of amides is 3. The standard InChI is InChI=1S/C13H25N3O2/c1-15(2)13(18)16(10-12(14)17)9-8-11-6-4-3-5-7-11/h11H,3-10H2,1-2H3,(H2,14,17). The number of carbonyl (C=O) groups excluding carboxylic acids is 2. The molecule has 1 rings (SSSR count). The maximum Gasteiger partial charge on any atom is 0.319 e. The summed E-state index contributed by atoms with van der Waals surface area (Å²) in [4.78, 5) is 25.9. The minimum Gasteiger partial charge on any atom is -0.368 e. The van der Waals surface area contributed by atoms with E-state index in [9.17, 15) is 9.59 Å². The Kier molecular flexibility index (Phi) is 5.95. The van der Waals surface area contributed by atoms with Gasteiger partial charge in [-0.05, 0) is 12.3 Å². The van der Waals surface area contributed by atoms with E-state index in [1.54, 1.807) is 19.0 Å². The van der Waals surface area contributed by atoms with E-state index in [1.165, 1.54) is 37.0 Å². The molecule has 0 atom stereocenters. The topological polar surface area (TPSA) is 66.6 Å². The molecule has 1 aliphatic rings. The van der Waals surface area contributed by atoms with Gasteiger partial charge < -0.3 is 15.5 Å². The molecular formula is C13H25N3O2. The normalized spacial score (nSPS) is 16.3. The maximum atomic E-state index is 11.9. The Balaban J connectivity index is 2.44. The molecule has 0 bridgehead atoms. The zero-order valence-electron chi connectivity index (χ0n) is 11.5. The van der Waals surface area contributed by atoms with Gasteiger partial charge in [-0.15, -0.1) is 0 Å². The van der Waals surface area contributed by atoms with Crippen molar-refractivity contribution in [3.05, 3.63) is 0 Å². The first-order valence-corrected chi connectivity index (χ1v) is 6.75. The van der Waals surface area contributed by atoms with E-state index < -0.39 is 5.91 Å². The van der Waals surface area contributed by atoms with Crippen molar-refractivity contribution in [2.24, 2.45) is 11.7 Å². The van der Waals surface area contributed by atoms with Gasteiger partial charge >= 0.3 is 6.03 Å². The van der Waals surface area contributed by atoms with Gasteiger partial charge in [-0.25, -0.2) is 4.79 Å². The minimum atomic E-state index is -0.450. The zero-order valence-corrected chi connectivity index (χ0v) is 11.5. The van der Waals surface area contributed by atoms with E-state index in [0.29, 0.717) is 12.5 Å². The van der Waals surface area contributed by atoms with Crippen molar-refractivity contribution in [3.63, 3.8) is 0 Å². The predicted octanol–water partition coefficient (Wildman–Crippen LogP) is 1.43. The molecule has 5 nitrogen and oxygen atoms in total. The van der Waals surface area contributed by atoms with Crippen LogP contribution in [0.5, 0.6) is 0 Å². The number of hydrogen-bond acceptors (Lipinski definition) is 2. The predicted molar refractivity (Wildman–Crippen MR) is 71.0 cm³/mol. The summed E-state index contributed by atoms with van der Waals surface area (Å²) >= 11 is 0. The van der Waals surface area contributed by atoms with E-state index in [4.69, 9.17) is 5.73 Å². The van der Waals surface area contributed by atoms with Gasteiger partial charge in [-0.1, -0.05) is 32.1 Å². The van der Waals surface area contributed by atoms with Crippen molar-refractivity contribution in [2.75, 3.05) is 27.2 Å². The number of nitrogens with zero attached hydrogens (tertiary/aromatic N) is 2. The van der Waals surface area contributed by atoms with Crippen LogP contribution in [0.25, 0.3) is 0 Å². The minimum absolute atomic E-state index is 0.0176. The molecule has 0 unspecified atom stereocenters. The second-order valence-electron chi connectivity index (χ2n) is 5.36. The molecule has 104 valence electrons. The van der Waals surface area contributed by atoms with E-state index in [2.05, 4.69) is 0 Å². The second kappa shape index (κ2) is 7.24. The third-order valence-corrected chi connectivity index (χ3v) is 3.53. The molecule has 1 fully saturated rings. The lowest BCUT2D eigenvalue weighted by molar-refractivity contribution is -0.118. The monoisotopic (exact) mass is 255 g/mol. The molecule has 0 spiro atoms. The van der Waals surface area contributed by atoms with E-state index in [1.807, 2.05) is 0 Å². The first kappa shape index (κ1) is 14.8. The molecule has 2 N–H and O–H groups in total. The molecule has 1 aliphatic carbocycles. The van der Waals surface area contributed by atoms with Crippen molar-refractivity contribution < 1.29 is 9.59 Å². The second-order valence-corrected chi connectivity index (χ2v) is 5.36. The Morgan fingerprint density at radius 1 is 1.17 bits per heavy atom. The van der Waals surface area contributed by atoms with E-state index in [-0.39, 0.29) is 12.6 Å². The van der Waals surface area contributed by atoms with Crippen molar-refractivity contribution in [1.82, 2.24) is 9.80 Å². The molecule has 5 heteroatoms. The number of urea groups is 1. The third-order valence-electron chi connectivity index (χ3n) is 3.53. The average Bonchev–Trinajstić information content (AvgIpc) is 2.34. The molecule has 0 aromatic rings. The number of primary amides is 1. The van der Waals surface area contributed by atoms with Crippen molar-refractivity contribution in [3.8, 4) is 0 Å². The summed E-state index contributed by atoms with van der Waals surface area (Å²) in [5, 5.41) is 0. The van der Waals surface area contributed by atoms with Gasteiger partial charge in [-0.2, -0.15) is 0 Å². The summed E-state index contributed by atoms with van der Waals surface area (Å²) in [5.41, 5.74) is 5.19. The molecular weight excluding hydrogens is 230 g/mol. The summed E-state index contributed by atoms with van der Waals surface area (Å²) in [6.45, 7) is 0.647. The van der Waals surface area contributed by atoms with Crippen molar-refractivity contribution in [1.29, 1.82) is 0 Å². The summed E-state index contributed by atoms with van der Waals surface area (Å²) in [5.74, 6) is 0.248. The highest BCUT2D eigenvalue weighted by molar-refractivity contribution is 5.82. The van der Waals surface area contributed by atoms with Crippen LogP contribution >= 0.6 is 0 Å². The Morgan fingerprint density at radius 3 is 2.28 bits per heavy atom. The molecule has 3 amide bonds. The highest BCUT2D eigenvalue weighted by Gasteiger charge is 2.20. The quantitative estimate of drug-likeness (QED) is 0.807. The van der Waals surface area contributed by atoms with Crippen LogP contribution in [0, 0.1) is 5.92 Å². The lowest BCUT2D eigenvalue weighted by atomic mass is 9.87. The van der Waals surface area contributed by atoms with Gasteiger partial charge in [-0.3, -0.25) is 4.79 Å². The summed E-state index contributed by atoms with van der Waals surface area (Å²) < 4.78 is 0. The smallest absolute Gasteiger partial charge is 0.319 e. The van der Waals surface area contributed by atoms with Crippen LogP contribution in [0.15, 0.2) is 0 Å². The molecule has 0 aromatic carbocycles. The fourth-order valence-corrected chi connectivity index (χ4v) is 2.53. The van der Waals surface area contributed by atoms with Gasteiger partial charge in [0.25, 0.3) is 0 Å². The van der Waals surface area contributed by atoms with E-state index >= 15 is 0 Å². The fraction of sp³-hybridized carbons (Fsp3) is 0.846. The summed E-state index contributed by atoms with van der Waals surface area (Å²) in [6.07, 6.45) is 7.40. The van der Waals surface area contributed by atoms with Crippen LogP contribution in [-0.4, -0.2) is 48.9 Å². The van der Waals surface area contributed by atoms with Gasteiger partial charge in [0.15, 0.2) is 0 Å². The van der Waals surface area contributed by atoms with Crippen molar-refractivity contribution >= 4 is 11.9 Å². The van der Waals surface area contributed by atoms with Crippen LogP contribution in [0.2, 0.25) is 0 Å². The Morgan fingerprint density at radius 2 is 1.78 bits per heavy atom. The van der Waals surface area contributed by atoms with Gasteiger partial charge in [0.05, 0.1) is 0 Å². The summed E-state index contributed by atoms with van der Waals surface area (Å²) in [6, 6.07) is -0.135. The van der Waals surface area contributed by atoms with E-state index in [0.717, 1.165) is 6.42 Å². The van der Waals surface area contributed by atoms with Crippen molar-refractivity contribution in [2.45, 2.75) is 38.5 Å². The van der Waals surface area contributed by atoms with Crippen LogP contribution in [-0.2, 0) is 4.79 Å². The summed E-state index contributed by atoms with van der Waals surface area (Å²) in [7, 11) is 3.38. The third kappa shape index (κ3) is 4.94. The highest BCUT2D eigenvalue weighted by Crippen LogP contribution is 2.26. The first-order chi connectivity index (χ1) is 8.50. The largest absolute Gasteiger partial charge is 0.368 e. The Bertz CT molecular complexity index is 286. The van der Waals surface area contributed by atoms with Crippen LogP contribution in [0.4, 0.5) is 4.79 Å². The molecule has 0 aromatic heterocycles. The lowest BCUT2D eigenvalue weighted by Crippen LogP contribution is -2.44. The van der Waals surface area contributed by atoms with Gasteiger partial charge in [0.2, 0.25) is 5.91 Å². The molecule has 0 saturated heterocycles. The average molecular weight is 255 g/mol. The van der Waals surface area contributed by atoms with Crippen LogP contribution < -0.4 is 5.73 Å². The van der Waals surface area contributed by atoms with Gasteiger partial charge in [0.1, 0.15) is 6.54 Å². The zero-order chi connectivity index (χ0) is 13.5. The SMILES string of the molecule is CN(C)C(=O)N(CCC1CCCCC1)CC(N)=O. The number of hydrogen-bond donors (Lipinski definition) is 1. The Hall–Kier alpha value is -1.26. The number of nitrogens with two attached hydrogens (primary N) is 1. The molecule has 0 heterocycles. The highest BCUT2D eigenvalue weighted by atomic mass is 16.2. The van der Waals surface area contributed by atoms with Gasteiger partial charge in [0, 0.05) is 20.6 Å². The first-order valence-electron chi connectivity index (χ1n) is 6.75. The van der Waals surface area contributed by atoms with Crippen LogP contribution in [0.1, 0.15) is 38.5 Å².